The van der Waals surface area contributed by atoms with Crippen molar-refractivity contribution in [3.05, 3.63) is 51.4 Å². The van der Waals surface area contributed by atoms with Crippen molar-refractivity contribution < 1.29 is 14.3 Å². The van der Waals surface area contributed by atoms with Crippen molar-refractivity contribution >= 4 is 27.9 Å². The van der Waals surface area contributed by atoms with Crippen LogP contribution in [0.4, 0.5) is 5.69 Å². The standard InChI is InChI=1S/C15H14N4O4S/c1-22-8-12-18-19-14(21)11(7-16-15(19)24-12)17-13(20)9-3-5-10(23-2)6-4-9/h3-7H,8H2,1-2H3,(H,17,20). The molecule has 124 valence electrons. The monoisotopic (exact) mass is 346 g/mol. The van der Waals surface area contributed by atoms with E-state index in [1.807, 2.05) is 0 Å². The van der Waals surface area contributed by atoms with Crippen LogP contribution in [0.3, 0.4) is 0 Å². The molecule has 2 heterocycles. The summed E-state index contributed by atoms with van der Waals surface area (Å²) in [5, 5.41) is 7.31. The Morgan fingerprint density at radius 2 is 2.04 bits per heavy atom. The maximum absolute atomic E-state index is 12.4. The maximum Gasteiger partial charge on any atom is 0.298 e. The first-order chi connectivity index (χ1) is 11.6. The van der Waals surface area contributed by atoms with Crippen LogP contribution in [0.5, 0.6) is 5.75 Å². The lowest BCUT2D eigenvalue weighted by atomic mass is 10.2. The Bertz CT molecular complexity index is 933. The molecule has 3 rings (SSSR count). The van der Waals surface area contributed by atoms with Gasteiger partial charge in [-0.3, -0.25) is 9.59 Å². The van der Waals surface area contributed by atoms with Crippen molar-refractivity contribution in [2.75, 3.05) is 19.5 Å². The predicted molar refractivity (Wildman–Crippen MR) is 88.8 cm³/mol. The molecule has 0 fully saturated rings. The van der Waals surface area contributed by atoms with Crippen molar-refractivity contribution in [3.8, 4) is 5.75 Å². The van der Waals surface area contributed by atoms with Gasteiger partial charge in [-0.15, -0.1) is 0 Å². The largest absolute Gasteiger partial charge is 0.497 e. The lowest BCUT2D eigenvalue weighted by Crippen LogP contribution is -2.23. The van der Waals surface area contributed by atoms with Gasteiger partial charge in [-0.2, -0.15) is 9.61 Å². The van der Waals surface area contributed by atoms with Crippen molar-refractivity contribution in [2.45, 2.75) is 6.61 Å². The molecular formula is C15H14N4O4S. The predicted octanol–water partition coefficient (Wildman–Crippen LogP) is 1.56. The number of carbonyl (C=O) groups is 1. The van der Waals surface area contributed by atoms with Gasteiger partial charge >= 0.3 is 0 Å². The quantitative estimate of drug-likeness (QED) is 0.753. The molecule has 1 N–H and O–H groups in total. The molecule has 0 radical (unpaired) electrons. The van der Waals surface area contributed by atoms with Crippen LogP contribution in [0.2, 0.25) is 0 Å². The van der Waals surface area contributed by atoms with Crippen molar-refractivity contribution in [3.63, 3.8) is 0 Å². The van der Waals surface area contributed by atoms with Crippen LogP contribution in [-0.4, -0.2) is 34.7 Å². The Morgan fingerprint density at radius 3 is 2.71 bits per heavy atom. The average molecular weight is 346 g/mol. The minimum atomic E-state index is -0.444. The van der Waals surface area contributed by atoms with E-state index in [0.717, 1.165) is 4.52 Å². The van der Waals surface area contributed by atoms with Gasteiger partial charge in [0.05, 0.1) is 19.9 Å². The molecule has 8 nitrogen and oxygen atoms in total. The molecule has 0 atom stereocenters. The van der Waals surface area contributed by atoms with E-state index in [0.29, 0.717) is 27.9 Å². The van der Waals surface area contributed by atoms with E-state index in [4.69, 9.17) is 9.47 Å². The van der Waals surface area contributed by atoms with Gasteiger partial charge in [0.1, 0.15) is 16.4 Å². The Hall–Kier alpha value is -2.78. The number of hydrogen-bond donors (Lipinski definition) is 1. The van der Waals surface area contributed by atoms with Gasteiger partial charge in [0.25, 0.3) is 11.5 Å². The second-order valence-corrected chi connectivity index (χ2v) is 5.82. The van der Waals surface area contributed by atoms with Crippen molar-refractivity contribution in [1.82, 2.24) is 14.6 Å². The number of nitrogens with zero attached hydrogens (tertiary/aromatic N) is 3. The van der Waals surface area contributed by atoms with Crippen molar-refractivity contribution in [1.29, 1.82) is 0 Å². The lowest BCUT2D eigenvalue weighted by molar-refractivity contribution is 0.102. The number of benzene rings is 1. The first-order valence-electron chi connectivity index (χ1n) is 6.94. The zero-order valence-corrected chi connectivity index (χ0v) is 13.8. The normalized spacial score (nSPS) is 10.8. The van der Waals surface area contributed by atoms with Crippen LogP contribution in [0.25, 0.3) is 4.96 Å². The summed E-state index contributed by atoms with van der Waals surface area (Å²) in [4.78, 5) is 29.2. The van der Waals surface area contributed by atoms with Gasteiger partial charge in [-0.1, -0.05) is 11.3 Å². The Labute approximate surface area is 140 Å². The summed E-state index contributed by atoms with van der Waals surface area (Å²) in [6.45, 7) is 0.293. The summed E-state index contributed by atoms with van der Waals surface area (Å²) in [6.07, 6.45) is 1.33. The number of methoxy groups -OCH3 is 2. The van der Waals surface area contributed by atoms with Crippen LogP contribution in [0, 0.1) is 0 Å². The SMILES string of the molecule is COCc1nn2c(=O)c(NC(=O)c3ccc(OC)cc3)cnc2s1. The molecule has 3 aromatic rings. The molecule has 0 spiro atoms. The van der Waals surface area contributed by atoms with E-state index in [-0.39, 0.29) is 5.69 Å². The molecule has 24 heavy (non-hydrogen) atoms. The Morgan fingerprint density at radius 1 is 1.29 bits per heavy atom. The summed E-state index contributed by atoms with van der Waals surface area (Å²) >= 11 is 1.25. The number of carbonyl (C=O) groups excluding carboxylic acids is 1. The summed E-state index contributed by atoms with van der Waals surface area (Å²) in [6, 6.07) is 6.55. The number of anilines is 1. The first-order valence-corrected chi connectivity index (χ1v) is 7.76. The first kappa shape index (κ1) is 16.1. The molecule has 0 unspecified atom stereocenters. The Kier molecular flexibility index (Phi) is 4.54. The average Bonchev–Trinajstić information content (AvgIpc) is 3.01. The zero-order valence-electron chi connectivity index (χ0n) is 13.0. The molecule has 0 saturated carbocycles. The number of amides is 1. The van der Waals surface area contributed by atoms with E-state index in [1.165, 1.54) is 17.5 Å². The van der Waals surface area contributed by atoms with E-state index in [2.05, 4.69) is 15.4 Å². The molecule has 0 aliphatic heterocycles. The second-order valence-electron chi connectivity index (χ2n) is 4.78. The molecule has 0 saturated heterocycles. The molecule has 0 aliphatic carbocycles. The highest BCUT2D eigenvalue weighted by atomic mass is 32.1. The van der Waals surface area contributed by atoms with Gasteiger partial charge in [0.15, 0.2) is 0 Å². The van der Waals surface area contributed by atoms with E-state index in [1.54, 1.807) is 38.5 Å². The molecule has 1 aromatic carbocycles. The number of ether oxygens (including phenoxy) is 2. The number of hydrogen-bond acceptors (Lipinski definition) is 7. The summed E-state index contributed by atoms with van der Waals surface area (Å²) in [5.74, 6) is 0.228. The van der Waals surface area contributed by atoms with Crippen LogP contribution in [-0.2, 0) is 11.3 Å². The maximum atomic E-state index is 12.4. The van der Waals surface area contributed by atoms with Gasteiger partial charge in [-0.25, -0.2) is 4.98 Å². The van der Waals surface area contributed by atoms with Crippen LogP contribution < -0.4 is 15.6 Å². The number of aromatic nitrogens is 3. The topological polar surface area (TPSA) is 94.8 Å². The molecule has 0 aliphatic rings. The van der Waals surface area contributed by atoms with Gasteiger partial charge < -0.3 is 14.8 Å². The molecular weight excluding hydrogens is 332 g/mol. The summed E-state index contributed by atoms with van der Waals surface area (Å²) in [5.41, 5.74) is 0.0155. The smallest absolute Gasteiger partial charge is 0.298 e. The number of rotatable bonds is 5. The van der Waals surface area contributed by atoms with Gasteiger partial charge in [0.2, 0.25) is 4.96 Å². The summed E-state index contributed by atoms with van der Waals surface area (Å²) in [7, 11) is 3.09. The summed E-state index contributed by atoms with van der Waals surface area (Å²) < 4.78 is 11.2. The number of fused-ring (bicyclic) bond motifs is 1. The van der Waals surface area contributed by atoms with Crippen molar-refractivity contribution in [2.24, 2.45) is 0 Å². The van der Waals surface area contributed by atoms with Gasteiger partial charge in [0, 0.05) is 12.7 Å². The lowest BCUT2D eigenvalue weighted by Gasteiger charge is -2.05. The molecule has 9 heteroatoms. The molecule has 2 aromatic heterocycles. The highest BCUT2D eigenvalue weighted by Gasteiger charge is 2.13. The fraction of sp³-hybridized carbons (Fsp3) is 0.200. The fourth-order valence-corrected chi connectivity index (χ4v) is 2.86. The van der Waals surface area contributed by atoms with Crippen LogP contribution >= 0.6 is 11.3 Å². The third kappa shape index (κ3) is 3.12. The van der Waals surface area contributed by atoms with Crippen LogP contribution in [0.15, 0.2) is 35.3 Å². The number of nitrogens with one attached hydrogen (secondary N) is 1. The fourth-order valence-electron chi connectivity index (χ4n) is 2.03. The van der Waals surface area contributed by atoms with E-state index < -0.39 is 11.5 Å². The second kappa shape index (κ2) is 6.77. The zero-order chi connectivity index (χ0) is 17.1. The van der Waals surface area contributed by atoms with E-state index in [9.17, 15) is 9.59 Å². The Balaban J connectivity index is 1.87. The van der Waals surface area contributed by atoms with Gasteiger partial charge in [-0.05, 0) is 24.3 Å². The molecule has 1 amide bonds. The molecule has 0 bridgehead atoms. The minimum Gasteiger partial charge on any atom is -0.497 e. The third-order valence-corrected chi connectivity index (χ3v) is 4.09. The third-order valence-electron chi connectivity index (χ3n) is 3.20. The highest BCUT2D eigenvalue weighted by Crippen LogP contribution is 2.14. The van der Waals surface area contributed by atoms with E-state index >= 15 is 0 Å². The highest BCUT2D eigenvalue weighted by molar-refractivity contribution is 7.16. The van der Waals surface area contributed by atoms with Crippen LogP contribution in [0.1, 0.15) is 15.4 Å². The minimum absolute atomic E-state index is 0.0579.